The second kappa shape index (κ2) is 10.2. The summed E-state index contributed by atoms with van der Waals surface area (Å²) >= 11 is 19.3. The molecular formula is C20H17Cl3N4O2S. The number of carbonyl (C=O) groups is 1. The Hall–Kier alpha value is -2.19. The van der Waals surface area contributed by atoms with Crippen LogP contribution in [0.2, 0.25) is 15.1 Å². The number of ether oxygens (including phenoxy) is 1. The molecule has 0 aliphatic heterocycles. The standard InChI is InChI=1S/C20H17Cl3N4O2S/c1-3-8-27-19(12-4-6-13(29-2)7-5-12)25-26-20(27)30-11-18(28)24-17-10-15(22)14(21)9-16(17)23/h3-7,9-10H,1,8,11H2,2H3,(H,24,28). The van der Waals surface area contributed by atoms with Crippen molar-refractivity contribution in [2.45, 2.75) is 11.7 Å². The minimum Gasteiger partial charge on any atom is -0.497 e. The molecule has 1 amide bonds. The lowest BCUT2D eigenvalue weighted by atomic mass is 10.2. The van der Waals surface area contributed by atoms with Crippen molar-refractivity contribution >= 4 is 58.2 Å². The van der Waals surface area contributed by atoms with Gasteiger partial charge >= 0.3 is 0 Å². The molecule has 0 fully saturated rings. The molecule has 0 bridgehead atoms. The molecule has 156 valence electrons. The van der Waals surface area contributed by atoms with E-state index in [0.29, 0.717) is 38.3 Å². The van der Waals surface area contributed by atoms with Crippen molar-refractivity contribution in [2.75, 3.05) is 18.2 Å². The smallest absolute Gasteiger partial charge is 0.234 e. The molecule has 10 heteroatoms. The fourth-order valence-electron chi connectivity index (χ4n) is 2.58. The predicted octanol–water partition coefficient (Wildman–Crippen LogP) is 5.83. The van der Waals surface area contributed by atoms with Crippen LogP contribution >= 0.6 is 46.6 Å². The highest BCUT2D eigenvalue weighted by Crippen LogP contribution is 2.32. The number of amides is 1. The number of benzene rings is 2. The Morgan fingerprint density at radius 1 is 1.17 bits per heavy atom. The van der Waals surface area contributed by atoms with Gasteiger partial charge in [-0.1, -0.05) is 52.6 Å². The van der Waals surface area contributed by atoms with Crippen molar-refractivity contribution in [3.8, 4) is 17.1 Å². The third-order valence-corrected chi connectivity index (χ3v) is 5.99. The molecule has 3 rings (SSSR count). The van der Waals surface area contributed by atoms with Crippen LogP contribution in [0.3, 0.4) is 0 Å². The summed E-state index contributed by atoms with van der Waals surface area (Å²) in [4.78, 5) is 12.4. The molecule has 0 aliphatic carbocycles. The number of nitrogens with zero attached hydrogens (tertiary/aromatic N) is 3. The Morgan fingerprint density at radius 3 is 2.53 bits per heavy atom. The van der Waals surface area contributed by atoms with Crippen LogP contribution in [0.5, 0.6) is 5.75 Å². The van der Waals surface area contributed by atoms with Gasteiger partial charge in [0.1, 0.15) is 5.75 Å². The minimum absolute atomic E-state index is 0.106. The van der Waals surface area contributed by atoms with Crippen molar-refractivity contribution in [2.24, 2.45) is 0 Å². The van der Waals surface area contributed by atoms with Crippen LogP contribution in [0, 0.1) is 0 Å². The predicted molar refractivity (Wildman–Crippen MR) is 123 cm³/mol. The molecule has 0 saturated carbocycles. The summed E-state index contributed by atoms with van der Waals surface area (Å²) in [5.41, 5.74) is 1.27. The van der Waals surface area contributed by atoms with Crippen molar-refractivity contribution in [3.63, 3.8) is 0 Å². The number of rotatable bonds is 8. The third-order valence-electron chi connectivity index (χ3n) is 3.99. The molecule has 0 atom stereocenters. The highest BCUT2D eigenvalue weighted by Gasteiger charge is 2.16. The van der Waals surface area contributed by atoms with Crippen molar-refractivity contribution < 1.29 is 9.53 Å². The molecule has 0 unspecified atom stereocenters. The van der Waals surface area contributed by atoms with Gasteiger partial charge in [-0.15, -0.1) is 16.8 Å². The first kappa shape index (κ1) is 22.5. The summed E-state index contributed by atoms with van der Waals surface area (Å²) in [5.74, 6) is 1.27. The van der Waals surface area contributed by atoms with Gasteiger partial charge in [0.05, 0.1) is 33.6 Å². The Balaban J connectivity index is 1.73. The normalized spacial score (nSPS) is 10.7. The molecule has 6 nitrogen and oxygen atoms in total. The topological polar surface area (TPSA) is 69.0 Å². The molecule has 1 heterocycles. The maximum absolute atomic E-state index is 12.4. The fraction of sp³-hybridized carbons (Fsp3) is 0.150. The van der Waals surface area contributed by atoms with E-state index in [1.807, 2.05) is 28.8 Å². The first-order valence-corrected chi connectivity index (χ1v) is 10.8. The highest BCUT2D eigenvalue weighted by atomic mass is 35.5. The summed E-state index contributed by atoms with van der Waals surface area (Å²) in [7, 11) is 1.61. The molecule has 3 aromatic rings. The van der Waals surface area contributed by atoms with E-state index < -0.39 is 0 Å². The number of methoxy groups -OCH3 is 1. The van der Waals surface area contributed by atoms with Gasteiger partial charge in [-0.3, -0.25) is 9.36 Å². The van der Waals surface area contributed by atoms with Gasteiger partial charge in [-0.2, -0.15) is 0 Å². The molecular weight excluding hydrogens is 467 g/mol. The van der Waals surface area contributed by atoms with E-state index in [1.54, 1.807) is 13.2 Å². The molecule has 0 aliphatic rings. The maximum Gasteiger partial charge on any atom is 0.234 e. The molecule has 1 N–H and O–H groups in total. The number of anilines is 1. The van der Waals surface area contributed by atoms with Gasteiger partial charge in [0.2, 0.25) is 5.91 Å². The Bertz CT molecular complexity index is 1070. The van der Waals surface area contributed by atoms with Gasteiger partial charge in [0.15, 0.2) is 11.0 Å². The second-order valence-electron chi connectivity index (χ2n) is 6.02. The number of aromatic nitrogens is 3. The Kier molecular flexibility index (Phi) is 7.66. The van der Waals surface area contributed by atoms with Gasteiger partial charge in [-0.25, -0.2) is 0 Å². The van der Waals surface area contributed by atoms with E-state index in [2.05, 4.69) is 22.1 Å². The third kappa shape index (κ3) is 5.29. The number of carbonyl (C=O) groups excluding carboxylic acids is 1. The van der Waals surface area contributed by atoms with Crippen LogP contribution in [0.4, 0.5) is 5.69 Å². The lowest BCUT2D eigenvalue weighted by Crippen LogP contribution is -2.15. The largest absolute Gasteiger partial charge is 0.497 e. The first-order chi connectivity index (χ1) is 14.4. The lowest BCUT2D eigenvalue weighted by Gasteiger charge is -2.10. The van der Waals surface area contributed by atoms with Gasteiger partial charge in [0.25, 0.3) is 0 Å². The summed E-state index contributed by atoms with van der Waals surface area (Å²) < 4.78 is 7.08. The molecule has 0 saturated heterocycles. The van der Waals surface area contributed by atoms with Crippen LogP contribution in [0.15, 0.2) is 54.2 Å². The first-order valence-electron chi connectivity index (χ1n) is 8.68. The SMILES string of the molecule is C=CCn1c(SCC(=O)Nc2cc(Cl)c(Cl)cc2Cl)nnc1-c1ccc(OC)cc1. The average Bonchev–Trinajstić information content (AvgIpc) is 3.13. The minimum atomic E-state index is -0.264. The monoisotopic (exact) mass is 482 g/mol. The lowest BCUT2D eigenvalue weighted by molar-refractivity contribution is -0.113. The number of hydrogen-bond donors (Lipinski definition) is 1. The summed E-state index contributed by atoms with van der Waals surface area (Å²) in [6.45, 7) is 4.29. The van der Waals surface area contributed by atoms with Gasteiger partial charge < -0.3 is 10.1 Å². The molecule has 0 radical (unpaired) electrons. The van der Waals surface area contributed by atoms with Gasteiger partial charge in [0, 0.05) is 12.1 Å². The van der Waals surface area contributed by atoms with Crippen LogP contribution in [-0.4, -0.2) is 33.5 Å². The van der Waals surface area contributed by atoms with Crippen molar-refractivity contribution in [1.29, 1.82) is 0 Å². The van der Waals surface area contributed by atoms with Crippen molar-refractivity contribution in [3.05, 3.63) is 64.1 Å². The van der Waals surface area contributed by atoms with E-state index >= 15 is 0 Å². The summed E-state index contributed by atoms with van der Waals surface area (Å²) in [5, 5.41) is 12.7. The Labute approximate surface area is 193 Å². The van der Waals surface area contributed by atoms with Crippen LogP contribution < -0.4 is 10.1 Å². The van der Waals surface area contributed by atoms with E-state index in [0.717, 1.165) is 11.3 Å². The quantitative estimate of drug-likeness (QED) is 0.248. The van der Waals surface area contributed by atoms with E-state index in [-0.39, 0.29) is 11.7 Å². The molecule has 30 heavy (non-hydrogen) atoms. The number of hydrogen-bond acceptors (Lipinski definition) is 5. The zero-order valence-corrected chi connectivity index (χ0v) is 18.9. The van der Waals surface area contributed by atoms with Crippen LogP contribution in [-0.2, 0) is 11.3 Å². The molecule has 1 aromatic heterocycles. The zero-order valence-electron chi connectivity index (χ0n) is 15.9. The zero-order chi connectivity index (χ0) is 21.7. The summed E-state index contributed by atoms with van der Waals surface area (Å²) in [6.07, 6.45) is 1.75. The van der Waals surface area contributed by atoms with E-state index in [9.17, 15) is 4.79 Å². The fourth-order valence-corrected chi connectivity index (χ4v) is 3.92. The average molecular weight is 484 g/mol. The number of halogens is 3. The second-order valence-corrected chi connectivity index (χ2v) is 8.18. The highest BCUT2D eigenvalue weighted by molar-refractivity contribution is 7.99. The molecule has 2 aromatic carbocycles. The summed E-state index contributed by atoms with van der Waals surface area (Å²) in [6, 6.07) is 10.5. The maximum atomic E-state index is 12.4. The van der Waals surface area contributed by atoms with Crippen LogP contribution in [0.25, 0.3) is 11.4 Å². The van der Waals surface area contributed by atoms with Crippen LogP contribution in [0.1, 0.15) is 0 Å². The van der Waals surface area contributed by atoms with Crippen molar-refractivity contribution in [1.82, 2.24) is 14.8 Å². The number of thioether (sulfide) groups is 1. The van der Waals surface area contributed by atoms with E-state index in [4.69, 9.17) is 39.5 Å². The molecule has 0 spiro atoms. The Morgan fingerprint density at radius 2 is 1.87 bits per heavy atom. The number of nitrogens with one attached hydrogen (secondary N) is 1. The van der Waals surface area contributed by atoms with E-state index in [1.165, 1.54) is 23.9 Å². The number of allylic oxidation sites excluding steroid dienone is 1. The van der Waals surface area contributed by atoms with Gasteiger partial charge in [-0.05, 0) is 36.4 Å².